The lowest BCUT2D eigenvalue weighted by Gasteiger charge is -2.62. The van der Waals surface area contributed by atoms with Gasteiger partial charge in [0.05, 0.1) is 4.90 Å². The molecule has 1 aromatic rings. The third kappa shape index (κ3) is 2.43. The van der Waals surface area contributed by atoms with E-state index in [-0.39, 0.29) is 27.8 Å². The van der Waals surface area contributed by atoms with Crippen molar-refractivity contribution in [1.82, 2.24) is 4.72 Å². The van der Waals surface area contributed by atoms with Crippen molar-refractivity contribution in [3.8, 4) is 0 Å². The summed E-state index contributed by atoms with van der Waals surface area (Å²) in [6.07, 6.45) is 0. The third-order valence-corrected chi connectivity index (χ3v) is 6.46. The van der Waals surface area contributed by atoms with E-state index in [0.29, 0.717) is 0 Å². The van der Waals surface area contributed by atoms with Crippen LogP contribution in [0.1, 0.15) is 27.7 Å². The lowest BCUT2D eigenvalue weighted by molar-refractivity contribution is -0.0593. The van der Waals surface area contributed by atoms with Gasteiger partial charge in [-0.05, 0) is 35.1 Å². The lowest BCUT2D eigenvalue weighted by Crippen LogP contribution is -2.75. The van der Waals surface area contributed by atoms with Crippen LogP contribution in [0.2, 0.25) is 0 Å². The molecule has 1 saturated carbocycles. The highest BCUT2D eigenvalue weighted by atomic mass is 79.9. The van der Waals surface area contributed by atoms with Gasteiger partial charge in [0.1, 0.15) is 0 Å². The second-order valence-electron chi connectivity index (χ2n) is 6.63. The third-order valence-electron chi connectivity index (χ3n) is 4.49. The Hall–Kier alpha value is -0.430. The van der Waals surface area contributed by atoms with E-state index in [1.165, 1.54) is 0 Å². The Labute approximate surface area is 129 Å². The van der Waals surface area contributed by atoms with Crippen molar-refractivity contribution >= 4 is 26.0 Å². The summed E-state index contributed by atoms with van der Waals surface area (Å²) < 4.78 is 28.6. The molecule has 0 bridgehead atoms. The molecule has 0 unspecified atom stereocenters. The SMILES string of the molecule is CC1(C)C(N)C(C)(C)C1NS(=O)(=O)c1ccc(Br)cc1. The summed E-state index contributed by atoms with van der Waals surface area (Å²) in [7, 11) is -3.53. The normalized spacial score (nSPS) is 27.9. The van der Waals surface area contributed by atoms with Crippen molar-refractivity contribution < 1.29 is 8.42 Å². The van der Waals surface area contributed by atoms with Gasteiger partial charge in [0.15, 0.2) is 0 Å². The molecule has 0 amide bonds. The van der Waals surface area contributed by atoms with Crippen molar-refractivity contribution in [3.63, 3.8) is 0 Å². The molecule has 0 aromatic heterocycles. The van der Waals surface area contributed by atoms with E-state index in [0.717, 1.165) is 4.47 Å². The molecule has 1 aromatic carbocycles. The van der Waals surface area contributed by atoms with Gasteiger partial charge in [0.2, 0.25) is 10.0 Å². The molecule has 20 heavy (non-hydrogen) atoms. The Morgan fingerprint density at radius 3 is 2.00 bits per heavy atom. The van der Waals surface area contributed by atoms with Crippen LogP contribution in [0.4, 0.5) is 0 Å². The molecule has 1 aliphatic carbocycles. The highest BCUT2D eigenvalue weighted by molar-refractivity contribution is 9.10. The van der Waals surface area contributed by atoms with Gasteiger partial charge < -0.3 is 5.73 Å². The van der Waals surface area contributed by atoms with Gasteiger partial charge in [0.25, 0.3) is 0 Å². The molecule has 1 fully saturated rings. The zero-order valence-corrected chi connectivity index (χ0v) is 14.5. The van der Waals surface area contributed by atoms with Gasteiger partial charge in [0, 0.05) is 16.6 Å². The van der Waals surface area contributed by atoms with E-state index < -0.39 is 10.0 Å². The van der Waals surface area contributed by atoms with Gasteiger partial charge in [-0.2, -0.15) is 0 Å². The predicted octanol–water partition coefficient (Wildman–Crippen LogP) is 2.49. The highest BCUT2D eigenvalue weighted by Crippen LogP contribution is 2.52. The van der Waals surface area contributed by atoms with Gasteiger partial charge >= 0.3 is 0 Å². The van der Waals surface area contributed by atoms with E-state index in [1.807, 2.05) is 27.7 Å². The highest BCUT2D eigenvalue weighted by Gasteiger charge is 2.61. The first-order valence-electron chi connectivity index (χ1n) is 6.53. The number of halogens is 1. The average molecular weight is 361 g/mol. The number of benzene rings is 1. The second kappa shape index (κ2) is 4.80. The molecule has 0 atom stereocenters. The lowest BCUT2D eigenvalue weighted by atomic mass is 9.49. The minimum atomic E-state index is -3.53. The number of hydrogen-bond acceptors (Lipinski definition) is 3. The molecule has 1 aliphatic rings. The number of sulfonamides is 1. The molecular weight excluding hydrogens is 340 g/mol. The molecule has 0 aliphatic heterocycles. The van der Waals surface area contributed by atoms with E-state index >= 15 is 0 Å². The van der Waals surface area contributed by atoms with Crippen LogP contribution in [0.3, 0.4) is 0 Å². The van der Waals surface area contributed by atoms with Crippen LogP contribution < -0.4 is 10.5 Å². The Morgan fingerprint density at radius 1 is 1.10 bits per heavy atom. The fraction of sp³-hybridized carbons (Fsp3) is 0.571. The molecule has 6 heteroatoms. The van der Waals surface area contributed by atoms with Crippen LogP contribution in [0, 0.1) is 10.8 Å². The van der Waals surface area contributed by atoms with E-state index in [1.54, 1.807) is 24.3 Å². The number of nitrogens with one attached hydrogen (secondary N) is 1. The Bertz CT molecular complexity index is 593. The smallest absolute Gasteiger partial charge is 0.240 e. The summed E-state index contributed by atoms with van der Waals surface area (Å²) in [5, 5.41) is 0. The number of hydrogen-bond donors (Lipinski definition) is 2. The molecule has 3 N–H and O–H groups in total. The standard InChI is InChI=1S/C14H21BrN2O2S/c1-13(2)11(16)14(3,4)12(13)17-20(18,19)10-7-5-9(15)6-8-10/h5-8,11-12,17H,16H2,1-4H3. The molecule has 0 saturated heterocycles. The maximum absolute atomic E-state index is 12.5. The van der Waals surface area contributed by atoms with Crippen molar-refractivity contribution in [2.24, 2.45) is 16.6 Å². The van der Waals surface area contributed by atoms with Gasteiger partial charge in [-0.3, -0.25) is 0 Å². The van der Waals surface area contributed by atoms with Gasteiger partial charge in [-0.1, -0.05) is 43.6 Å². The topological polar surface area (TPSA) is 72.2 Å². The van der Waals surface area contributed by atoms with Crippen LogP contribution in [-0.4, -0.2) is 20.5 Å². The Balaban J connectivity index is 2.27. The monoisotopic (exact) mass is 360 g/mol. The number of nitrogens with two attached hydrogens (primary N) is 1. The van der Waals surface area contributed by atoms with Crippen molar-refractivity contribution in [3.05, 3.63) is 28.7 Å². The van der Waals surface area contributed by atoms with Crippen molar-refractivity contribution in [2.45, 2.75) is 44.7 Å². The fourth-order valence-electron chi connectivity index (χ4n) is 3.32. The summed E-state index contributed by atoms with van der Waals surface area (Å²) >= 11 is 3.30. The van der Waals surface area contributed by atoms with Crippen molar-refractivity contribution in [2.75, 3.05) is 0 Å². The maximum Gasteiger partial charge on any atom is 0.240 e. The van der Waals surface area contributed by atoms with Crippen LogP contribution >= 0.6 is 15.9 Å². The summed E-state index contributed by atoms with van der Waals surface area (Å²) in [6, 6.07) is 6.40. The molecule has 4 nitrogen and oxygen atoms in total. The minimum Gasteiger partial charge on any atom is -0.327 e. The molecular formula is C14H21BrN2O2S. The Kier molecular flexibility index (Phi) is 3.83. The largest absolute Gasteiger partial charge is 0.327 e. The quantitative estimate of drug-likeness (QED) is 0.869. The van der Waals surface area contributed by atoms with Crippen LogP contribution in [-0.2, 0) is 10.0 Å². The average Bonchev–Trinajstić information content (AvgIpc) is 2.35. The first kappa shape index (κ1) is 15.9. The predicted molar refractivity (Wildman–Crippen MR) is 83.8 cm³/mol. The molecule has 0 heterocycles. The Morgan fingerprint density at radius 2 is 1.55 bits per heavy atom. The summed E-state index contributed by atoms with van der Waals surface area (Å²) in [5.41, 5.74) is 5.64. The van der Waals surface area contributed by atoms with E-state index in [9.17, 15) is 8.42 Å². The fourth-order valence-corrected chi connectivity index (χ4v) is 5.13. The molecule has 0 spiro atoms. The molecule has 112 valence electrons. The number of rotatable bonds is 3. The first-order chi connectivity index (χ1) is 8.99. The molecule has 0 radical (unpaired) electrons. The second-order valence-corrected chi connectivity index (χ2v) is 9.26. The first-order valence-corrected chi connectivity index (χ1v) is 8.80. The van der Waals surface area contributed by atoms with Crippen LogP contribution in [0.15, 0.2) is 33.6 Å². The zero-order valence-electron chi connectivity index (χ0n) is 12.1. The zero-order chi connectivity index (χ0) is 15.3. The summed E-state index contributed by atoms with van der Waals surface area (Å²) in [5.74, 6) is 0. The van der Waals surface area contributed by atoms with E-state index in [2.05, 4.69) is 20.7 Å². The van der Waals surface area contributed by atoms with Gasteiger partial charge in [-0.25, -0.2) is 13.1 Å². The maximum atomic E-state index is 12.5. The molecule has 2 rings (SSSR count). The van der Waals surface area contributed by atoms with Crippen LogP contribution in [0.25, 0.3) is 0 Å². The van der Waals surface area contributed by atoms with E-state index in [4.69, 9.17) is 5.73 Å². The summed E-state index contributed by atoms with van der Waals surface area (Å²) in [6.45, 7) is 7.99. The minimum absolute atomic E-state index is 0.0346. The van der Waals surface area contributed by atoms with Crippen molar-refractivity contribution in [1.29, 1.82) is 0 Å². The summed E-state index contributed by atoms with van der Waals surface area (Å²) in [4.78, 5) is 0.271. The van der Waals surface area contributed by atoms with Gasteiger partial charge in [-0.15, -0.1) is 0 Å². The van der Waals surface area contributed by atoms with Crippen LogP contribution in [0.5, 0.6) is 0 Å².